The molecule has 0 aromatic heterocycles. The summed E-state index contributed by atoms with van der Waals surface area (Å²) in [5.41, 5.74) is 0.589. The fourth-order valence-electron chi connectivity index (χ4n) is 2.46. The van der Waals surface area contributed by atoms with Crippen LogP contribution in [0.5, 0.6) is 0 Å². The van der Waals surface area contributed by atoms with Gasteiger partial charge >= 0.3 is 6.03 Å². The van der Waals surface area contributed by atoms with Gasteiger partial charge in [-0.1, -0.05) is 12.1 Å². The van der Waals surface area contributed by atoms with E-state index in [9.17, 15) is 19.7 Å². The normalized spacial score (nSPS) is 14.8. The van der Waals surface area contributed by atoms with Crippen molar-refractivity contribution in [3.8, 4) is 6.07 Å². The van der Waals surface area contributed by atoms with Gasteiger partial charge in [0.25, 0.3) is 5.69 Å². The summed E-state index contributed by atoms with van der Waals surface area (Å²) in [5, 5.41) is 24.4. The van der Waals surface area contributed by atoms with Crippen molar-refractivity contribution in [3.63, 3.8) is 0 Å². The smallest absolute Gasteiger partial charge is 0.318 e. The van der Waals surface area contributed by atoms with E-state index in [4.69, 9.17) is 10.00 Å². The van der Waals surface area contributed by atoms with Crippen LogP contribution >= 0.6 is 0 Å². The highest BCUT2D eigenvalue weighted by Gasteiger charge is 2.25. The van der Waals surface area contributed by atoms with E-state index in [1.165, 1.54) is 24.3 Å². The number of carbonyl (C=O) groups excluding carboxylic acids is 2. The highest BCUT2D eigenvalue weighted by atomic mass is 16.6. The molecule has 0 spiro atoms. The molecule has 1 aliphatic heterocycles. The minimum Gasteiger partial charge on any atom is -0.378 e. The molecule has 1 fully saturated rings. The van der Waals surface area contributed by atoms with Crippen LogP contribution in [0.15, 0.2) is 24.3 Å². The average Bonchev–Trinajstić information content (AvgIpc) is 2.66. The molecule has 0 saturated carbocycles. The number of morpholine rings is 1. The molecule has 0 bridgehead atoms. The van der Waals surface area contributed by atoms with E-state index in [0.29, 0.717) is 31.9 Å². The van der Waals surface area contributed by atoms with Gasteiger partial charge in [0.15, 0.2) is 0 Å². The quantitative estimate of drug-likeness (QED) is 0.421. The third kappa shape index (κ3) is 5.42. The van der Waals surface area contributed by atoms with Crippen LogP contribution in [0.3, 0.4) is 0 Å². The van der Waals surface area contributed by atoms with E-state index in [1.54, 1.807) is 4.90 Å². The number of ether oxygens (including phenoxy) is 1. The molecule has 1 heterocycles. The van der Waals surface area contributed by atoms with Crippen molar-refractivity contribution in [2.75, 3.05) is 32.8 Å². The maximum atomic E-state index is 12.3. The SMILES string of the molecule is N#CCNC(=O)[C@H](Cc1ccc([N+](=O)[O-])cc1)NC(=O)N1CCOCC1. The molecule has 10 heteroatoms. The van der Waals surface area contributed by atoms with Gasteiger partial charge in [-0.2, -0.15) is 5.26 Å². The van der Waals surface area contributed by atoms with Crippen LogP contribution in [0, 0.1) is 21.4 Å². The zero-order valence-corrected chi connectivity index (χ0v) is 14.0. The van der Waals surface area contributed by atoms with Crippen LogP contribution in [0.4, 0.5) is 10.5 Å². The lowest BCUT2D eigenvalue weighted by Gasteiger charge is -2.29. The molecule has 1 aliphatic rings. The number of nitro benzene ring substituents is 1. The predicted molar refractivity (Wildman–Crippen MR) is 90.1 cm³/mol. The number of nitrogens with one attached hydrogen (secondary N) is 2. The topological polar surface area (TPSA) is 138 Å². The third-order valence-corrected chi connectivity index (χ3v) is 3.84. The standard InChI is InChI=1S/C16H19N5O5/c17-5-6-18-15(22)14(19-16(23)20-7-9-26-10-8-20)11-12-1-3-13(4-2-12)21(24)25/h1-4,14H,6-11H2,(H,18,22)(H,19,23)/t14-/m0/s1. The van der Waals surface area contributed by atoms with Crippen molar-refractivity contribution in [1.29, 1.82) is 5.26 Å². The molecule has 2 N–H and O–H groups in total. The summed E-state index contributed by atoms with van der Waals surface area (Å²) < 4.78 is 5.19. The van der Waals surface area contributed by atoms with E-state index in [0.717, 1.165) is 0 Å². The molecule has 2 rings (SSSR count). The molecule has 1 aromatic carbocycles. The first-order valence-corrected chi connectivity index (χ1v) is 8.02. The van der Waals surface area contributed by atoms with Crippen molar-refractivity contribution in [1.82, 2.24) is 15.5 Å². The number of urea groups is 1. The molecule has 1 aromatic rings. The molecule has 1 atom stereocenters. The molecule has 10 nitrogen and oxygen atoms in total. The largest absolute Gasteiger partial charge is 0.378 e. The Kier molecular flexibility index (Phi) is 6.87. The summed E-state index contributed by atoms with van der Waals surface area (Å²) in [6.07, 6.45) is 0.144. The molecule has 26 heavy (non-hydrogen) atoms. The molecule has 0 radical (unpaired) electrons. The number of non-ortho nitro benzene ring substituents is 1. The lowest BCUT2D eigenvalue weighted by molar-refractivity contribution is -0.384. The van der Waals surface area contributed by atoms with Gasteiger partial charge in [-0.15, -0.1) is 0 Å². The lowest BCUT2D eigenvalue weighted by atomic mass is 10.0. The first-order valence-electron chi connectivity index (χ1n) is 8.02. The van der Waals surface area contributed by atoms with Gasteiger partial charge in [0.1, 0.15) is 12.6 Å². The van der Waals surface area contributed by atoms with Crippen LogP contribution in [-0.2, 0) is 16.0 Å². The lowest BCUT2D eigenvalue weighted by Crippen LogP contribution is -2.54. The van der Waals surface area contributed by atoms with E-state index in [2.05, 4.69) is 10.6 Å². The van der Waals surface area contributed by atoms with Crippen LogP contribution in [-0.4, -0.2) is 60.7 Å². The zero-order chi connectivity index (χ0) is 18.9. The Hall–Kier alpha value is -3.19. The van der Waals surface area contributed by atoms with Gasteiger partial charge in [-0.3, -0.25) is 14.9 Å². The van der Waals surface area contributed by atoms with Gasteiger partial charge in [-0.05, 0) is 5.56 Å². The summed E-state index contributed by atoms with van der Waals surface area (Å²) in [5.74, 6) is -0.494. The number of hydrogen-bond acceptors (Lipinski definition) is 6. The number of nitriles is 1. The number of carbonyl (C=O) groups is 2. The van der Waals surface area contributed by atoms with E-state index in [-0.39, 0.29) is 18.7 Å². The van der Waals surface area contributed by atoms with Crippen molar-refractivity contribution in [2.45, 2.75) is 12.5 Å². The second-order valence-electron chi connectivity index (χ2n) is 5.61. The minimum atomic E-state index is -0.903. The van der Waals surface area contributed by atoms with Gasteiger partial charge in [-0.25, -0.2) is 4.79 Å². The molecule has 0 unspecified atom stereocenters. The molecular formula is C16H19N5O5. The monoisotopic (exact) mass is 361 g/mol. The van der Waals surface area contributed by atoms with Crippen molar-refractivity contribution >= 4 is 17.6 Å². The van der Waals surface area contributed by atoms with Gasteiger partial charge in [0.2, 0.25) is 5.91 Å². The molecule has 0 aliphatic carbocycles. The van der Waals surface area contributed by atoms with Crippen LogP contribution in [0.2, 0.25) is 0 Å². The molecule has 3 amide bonds. The van der Waals surface area contributed by atoms with Gasteiger partial charge in [0, 0.05) is 31.6 Å². The highest BCUT2D eigenvalue weighted by molar-refractivity contribution is 5.87. The van der Waals surface area contributed by atoms with Crippen molar-refractivity contribution in [3.05, 3.63) is 39.9 Å². The highest BCUT2D eigenvalue weighted by Crippen LogP contribution is 2.13. The molecule has 138 valence electrons. The number of benzene rings is 1. The second-order valence-corrected chi connectivity index (χ2v) is 5.61. The van der Waals surface area contributed by atoms with E-state index < -0.39 is 22.9 Å². The minimum absolute atomic E-state index is 0.0587. The Morgan fingerprint density at radius 2 is 1.96 bits per heavy atom. The molecule has 1 saturated heterocycles. The number of rotatable bonds is 6. The first-order chi connectivity index (χ1) is 12.5. The summed E-state index contributed by atoms with van der Waals surface area (Å²) >= 11 is 0. The number of nitro groups is 1. The summed E-state index contributed by atoms with van der Waals surface area (Å²) in [6.45, 7) is 1.54. The fourth-order valence-corrected chi connectivity index (χ4v) is 2.46. The Labute approximate surface area is 149 Å². The van der Waals surface area contributed by atoms with Crippen LogP contribution < -0.4 is 10.6 Å². The summed E-state index contributed by atoms with van der Waals surface area (Å²) in [7, 11) is 0. The van der Waals surface area contributed by atoms with E-state index >= 15 is 0 Å². The average molecular weight is 361 g/mol. The summed E-state index contributed by atoms with van der Waals surface area (Å²) in [4.78, 5) is 36.4. The maximum absolute atomic E-state index is 12.3. The first kappa shape index (κ1) is 19.1. The Morgan fingerprint density at radius 3 is 2.54 bits per heavy atom. The van der Waals surface area contributed by atoms with Crippen molar-refractivity contribution in [2.24, 2.45) is 0 Å². The Morgan fingerprint density at radius 1 is 1.31 bits per heavy atom. The predicted octanol–water partition coefficient (Wildman–Crippen LogP) is 0.187. The van der Waals surface area contributed by atoms with Crippen LogP contribution in [0.1, 0.15) is 5.56 Å². The van der Waals surface area contributed by atoms with Gasteiger partial charge in [0.05, 0.1) is 24.2 Å². The van der Waals surface area contributed by atoms with Crippen molar-refractivity contribution < 1.29 is 19.2 Å². The zero-order valence-electron chi connectivity index (χ0n) is 14.0. The third-order valence-electron chi connectivity index (χ3n) is 3.84. The number of amides is 3. The Bertz CT molecular complexity index is 694. The fraction of sp³-hybridized carbons (Fsp3) is 0.438. The number of hydrogen-bond donors (Lipinski definition) is 2. The van der Waals surface area contributed by atoms with E-state index in [1.807, 2.05) is 6.07 Å². The number of nitrogens with zero attached hydrogens (tertiary/aromatic N) is 3. The molecular weight excluding hydrogens is 342 g/mol. The maximum Gasteiger partial charge on any atom is 0.318 e. The van der Waals surface area contributed by atoms with Gasteiger partial charge < -0.3 is 20.3 Å². The summed E-state index contributed by atoms with van der Waals surface area (Å²) in [6, 6.07) is 6.24. The second kappa shape index (κ2) is 9.33. The Balaban J connectivity index is 2.07. The van der Waals surface area contributed by atoms with Crippen LogP contribution in [0.25, 0.3) is 0 Å².